The van der Waals surface area contributed by atoms with Crippen LogP contribution < -0.4 is 4.74 Å². The van der Waals surface area contributed by atoms with Gasteiger partial charge in [0.05, 0.1) is 0 Å². The van der Waals surface area contributed by atoms with Crippen molar-refractivity contribution in [2.75, 3.05) is 0 Å². The van der Waals surface area contributed by atoms with Crippen molar-refractivity contribution in [1.29, 1.82) is 0 Å². The maximum Gasteiger partial charge on any atom is 0.132 e. The van der Waals surface area contributed by atoms with Crippen LogP contribution in [0, 0.1) is 0 Å². The molecule has 0 fully saturated rings. The molecule has 1 nitrogen and oxygen atoms in total. The first-order valence-electron chi connectivity index (χ1n) is 9.66. The van der Waals surface area contributed by atoms with E-state index in [-0.39, 0.29) is 5.92 Å². The largest absolute Gasteiger partial charge is 0.457 e. The molecule has 0 saturated heterocycles. The number of fused-ring (bicyclic) bond motifs is 6. The van der Waals surface area contributed by atoms with E-state index in [4.69, 9.17) is 4.74 Å². The molecule has 1 aliphatic heterocycles. The van der Waals surface area contributed by atoms with Gasteiger partial charge in [-0.25, -0.2) is 0 Å². The molecule has 0 N–H and O–H groups in total. The van der Waals surface area contributed by atoms with Gasteiger partial charge in [0.15, 0.2) is 0 Å². The Balaban J connectivity index is 1.77. The third-order valence-electron chi connectivity index (χ3n) is 5.79. The van der Waals surface area contributed by atoms with Gasteiger partial charge in [0.1, 0.15) is 11.5 Å². The van der Waals surface area contributed by atoms with E-state index in [1.807, 2.05) is 0 Å². The average molecular weight is 358 g/mol. The lowest BCUT2D eigenvalue weighted by Crippen LogP contribution is -2.12. The molecular weight excluding hydrogens is 340 g/mol. The molecule has 0 bridgehead atoms. The van der Waals surface area contributed by atoms with E-state index < -0.39 is 0 Å². The highest BCUT2D eigenvalue weighted by Crippen LogP contribution is 2.51. The summed E-state index contributed by atoms with van der Waals surface area (Å²) >= 11 is 0. The molecule has 0 unspecified atom stereocenters. The Labute approximate surface area is 163 Å². The fourth-order valence-corrected chi connectivity index (χ4v) is 4.57. The molecule has 0 aromatic heterocycles. The average Bonchev–Trinajstić information content (AvgIpc) is 2.78. The zero-order chi connectivity index (χ0) is 18.5. The molecule has 0 spiro atoms. The molecule has 6 rings (SSSR count). The van der Waals surface area contributed by atoms with Gasteiger partial charge in [-0.1, -0.05) is 91.0 Å². The van der Waals surface area contributed by atoms with E-state index in [0.29, 0.717) is 0 Å². The second-order valence-electron chi connectivity index (χ2n) is 7.34. The van der Waals surface area contributed by atoms with Crippen LogP contribution in [0.1, 0.15) is 22.6 Å². The Bertz CT molecular complexity index is 1250. The molecule has 28 heavy (non-hydrogen) atoms. The van der Waals surface area contributed by atoms with Crippen molar-refractivity contribution in [2.24, 2.45) is 0 Å². The van der Waals surface area contributed by atoms with Crippen LogP contribution in [-0.4, -0.2) is 0 Å². The van der Waals surface area contributed by atoms with Crippen molar-refractivity contribution < 1.29 is 4.74 Å². The van der Waals surface area contributed by atoms with Crippen LogP contribution in [-0.2, 0) is 0 Å². The van der Waals surface area contributed by atoms with Crippen LogP contribution >= 0.6 is 0 Å². The van der Waals surface area contributed by atoms with Crippen LogP contribution in [0.15, 0.2) is 103 Å². The van der Waals surface area contributed by atoms with Crippen LogP contribution in [0.2, 0.25) is 0 Å². The summed E-state index contributed by atoms with van der Waals surface area (Å²) in [7, 11) is 0. The Hall–Kier alpha value is -3.58. The first kappa shape index (κ1) is 15.5. The first-order chi connectivity index (χ1) is 13.9. The standard InChI is InChI=1S/C27H18O/c1-2-10-20(11-3-1)25-26-21-12-6-4-8-18(21)14-16-23(26)28-24-17-15-19-9-5-7-13-22(19)27(24)25/h1-17,25H. The van der Waals surface area contributed by atoms with E-state index >= 15 is 0 Å². The molecule has 0 saturated carbocycles. The molecule has 0 amide bonds. The number of hydrogen-bond donors (Lipinski definition) is 0. The molecular formula is C27H18O. The highest BCUT2D eigenvalue weighted by Gasteiger charge is 2.31. The van der Waals surface area contributed by atoms with Crippen LogP contribution in [0.5, 0.6) is 11.5 Å². The molecule has 0 atom stereocenters. The van der Waals surface area contributed by atoms with Crippen molar-refractivity contribution in [2.45, 2.75) is 5.92 Å². The second kappa shape index (κ2) is 5.97. The predicted molar refractivity (Wildman–Crippen MR) is 115 cm³/mol. The molecule has 132 valence electrons. The van der Waals surface area contributed by atoms with Gasteiger partial charge in [0.2, 0.25) is 0 Å². The van der Waals surface area contributed by atoms with E-state index in [1.165, 1.54) is 38.2 Å². The summed E-state index contributed by atoms with van der Waals surface area (Å²) in [4.78, 5) is 0. The van der Waals surface area contributed by atoms with Gasteiger partial charge >= 0.3 is 0 Å². The lowest BCUT2D eigenvalue weighted by Gasteiger charge is -2.31. The Morgan fingerprint density at radius 3 is 1.54 bits per heavy atom. The SMILES string of the molecule is c1ccc(C2c3c(ccc4ccccc34)Oc3ccc4ccccc4c32)cc1. The third-order valence-corrected chi connectivity index (χ3v) is 5.79. The minimum Gasteiger partial charge on any atom is -0.457 e. The number of hydrogen-bond acceptors (Lipinski definition) is 1. The summed E-state index contributed by atoms with van der Waals surface area (Å²) in [5.41, 5.74) is 3.81. The summed E-state index contributed by atoms with van der Waals surface area (Å²) in [6.07, 6.45) is 0. The van der Waals surface area contributed by atoms with Gasteiger partial charge in [-0.05, 0) is 39.2 Å². The van der Waals surface area contributed by atoms with E-state index in [0.717, 1.165) is 11.5 Å². The Morgan fingerprint density at radius 2 is 0.964 bits per heavy atom. The topological polar surface area (TPSA) is 9.23 Å². The Kier molecular flexibility index (Phi) is 3.30. The van der Waals surface area contributed by atoms with Crippen molar-refractivity contribution in [1.82, 2.24) is 0 Å². The van der Waals surface area contributed by atoms with E-state index in [9.17, 15) is 0 Å². The number of rotatable bonds is 1. The molecule has 0 aliphatic carbocycles. The summed E-state index contributed by atoms with van der Waals surface area (Å²) < 4.78 is 6.45. The van der Waals surface area contributed by atoms with Gasteiger partial charge in [-0.3, -0.25) is 0 Å². The molecule has 5 aromatic carbocycles. The lowest BCUT2D eigenvalue weighted by atomic mass is 9.78. The van der Waals surface area contributed by atoms with Crippen molar-refractivity contribution in [3.63, 3.8) is 0 Å². The Morgan fingerprint density at radius 1 is 0.464 bits per heavy atom. The highest BCUT2D eigenvalue weighted by molar-refractivity contribution is 5.95. The minimum atomic E-state index is 0.136. The molecule has 0 radical (unpaired) electrons. The lowest BCUT2D eigenvalue weighted by molar-refractivity contribution is 0.456. The van der Waals surface area contributed by atoms with Crippen molar-refractivity contribution in [3.8, 4) is 11.5 Å². The number of benzene rings is 5. The maximum atomic E-state index is 6.45. The quantitative estimate of drug-likeness (QED) is 0.300. The van der Waals surface area contributed by atoms with Gasteiger partial charge in [-0.15, -0.1) is 0 Å². The fourth-order valence-electron chi connectivity index (χ4n) is 4.57. The summed E-state index contributed by atoms with van der Waals surface area (Å²) in [6.45, 7) is 0. The smallest absolute Gasteiger partial charge is 0.132 e. The van der Waals surface area contributed by atoms with Crippen LogP contribution in [0.4, 0.5) is 0 Å². The molecule has 5 aromatic rings. The summed E-state index contributed by atoms with van der Waals surface area (Å²) in [5, 5.41) is 5.00. The number of ether oxygens (including phenoxy) is 1. The van der Waals surface area contributed by atoms with Gasteiger partial charge in [-0.2, -0.15) is 0 Å². The molecule has 1 aliphatic rings. The summed E-state index contributed by atoms with van der Waals surface area (Å²) in [5.74, 6) is 2.04. The third kappa shape index (κ3) is 2.20. The van der Waals surface area contributed by atoms with Gasteiger partial charge in [0, 0.05) is 17.0 Å². The normalized spacial score (nSPS) is 13.1. The monoisotopic (exact) mass is 358 g/mol. The molecule has 1 heterocycles. The maximum absolute atomic E-state index is 6.45. The summed E-state index contributed by atoms with van der Waals surface area (Å²) in [6, 6.07) is 36.5. The van der Waals surface area contributed by atoms with E-state index in [1.54, 1.807) is 0 Å². The second-order valence-corrected chi connectivity index (χ2v) is 7.34. The van der Waals surface area contributed by atoms with E-state index in [2.05, 4.69) is 103 Å². The first-order valence-corrected chi connectivity index (χ1v) is 9.66. The van der Waals surface area contributed by atoms with Gasteiger partial charge in [0.25, 0.3) is 0 Å². The van der Waals surface area contributed by atoms with Crippen molar-refractivity contribution >= 4 is 21.5 Å². The van der Waals surface area contributed by atoms with Crippen LogP contribution in [0.25, 0.3) is 21.5 Å². The minimum absolute atomic E-state index is 0.136. The fraction of sp³-hybridized carbons (Fsp3) is 0.0370. The van der Waals surface area contributed by atoms with Crippen LogP contribution in [0.3, 0.4) is 0 Å². The van der Waals surface area contributed by atoms with Gasteiger partial charge < -0.3 is 4.74 Å². The predicted octanol–water partition coefficient (Wildman–Crippen LogP) is 7.28. The highest BCUT2D eigenvalue weighted by atomic mass is 16.5. The zero-order valence-electron chi connectivity index (χ0n) is 15.3. The zero-order valence-corrected chi connectivity index (χ0v) is 15.3. The molecule has 1 heteroatoms. The van der Waals surface area contributed by atoms with Crippen molar-refractivity contribution in [3.05, 3.63) is 120 Å².